The molecule has 0 saturated heterocycles. The summed E-state index contributed by atoms with van der Waals surface area (Å²) in [5.74, 6) is 0.0953. The Balaban J connectivity index is 1.32. The van der Waals surface area contributed by atoms with E-state index in [1.165, 1.54) is 11.1 Å². The van der Waals surface area contributed by atoms with Crippen molar-refractivity contribution < 1.29 is 4.79 Å². The molecule has 180 valence electrons. The number of carbonyl (C=O) groups excluding carboxylic acids is 1. The van der Waals surface area contributed by atoms with Crippen LogP contribution in [-0.4, -0.2) is 21.8 Å². The number of carbonyl (C=O) groups is 1. The van der Waals surface area contributed by atoms with Crippen LogP contribution in [0.4, 0.5) is 0 Å². The van der Waals surface area contributed by atoms with E-state index in [2.05, 4.69) is 71.0 Å². The summed E-state index contributed by atoms with van der Waals surface area (Å²) in [5, 5.41) is 3.81. The minimum atomic E-state index is -0.140. The minimum absolute atomic E-state index is 0.0145. The number of fused-ring (bicyclic) bond motifs is 1. The van der Waals surface area contributed by atoms with Gasteiger partial charge in [0.2, 0.25) is 5.91 Å². The van der Waals surface area contributed by atoms with Crippen LogP contribution >= 0.6 is 11.6 Å². The van der Waals surface area contributed by atoms with E-state index in [0.29, 0.717) is 18.0 Å². The zero-order valence-electron chi connectivity index (χ0n) is 19.9. The Morgan fingerprint density at radius 2 is 1.33 bits per heavy atom. The quantitative estimate of drug-likeness (QED) is 0.244. The Bertz CT molecular complexity index is 1380. The molecule has 1 atom stereocenters. The summed E-state index contributed by atoms with van der Waals surface area (Å²) < 4.78 is 1.98. The minimum Gasteiger partial charge on any atom is -0.356 e. The van der Waals surface area contributed by atoms with Crippen LogP contribution in [-0.2, 0) is 4.79 Å². The maximum absolute atomic E-state index is 13.2. The number of hydrogen-bond acceptors (Lipinski definition) is 2. The van der Waals surface area contributed by atoms with E-state index in [9.17, 15) is 4.79 Å². The molecule has 0 saturated carbocycles. The molecule has 1 unspecified atom stereocenters. The average Bonchev–Trinajstić information content (AvgIpc) is 3.34. The van der Waals surface area contributed by atoms with Crippen LogP contribution < -0.4 is 5.32 Å². The van der Waals surface area contributed by atoms with Gasteiger partial charge in [-0.2, -0.15) is 0 Å². The van der Waals surface area contributed by atoms with Crippen LogP contribution in [0.25, 0.3) is 5.65 Å². The highest BCUT2D eigenvalue weighted by Gasteiger charge is 2.22. The lowest BCUT2D eigenvalue weighted by atomic mass is 9.88. The van der Waals surface area contributed by atoms with Gasteiger partial charge < -0.3 is 9.72 Å². The molecular formula is C31H28ClN3O. The summed E-state index contributed by atoms with van der Waals surface area (Å²) in [6.07, 6.45) is 4.85. The molecule has 5 heteroatoms. The van der Waals surface area contributed by atoms with Gasteiger partial charge in [-0.15, -0.1) is 0 Å². The topological polar surface area (TPSA) is 46.4 Å². The van der Waals surface area contributed by atoms with Crippen LogP contribution in [0.1, 0.15) is 47.1 Å². The summed E-state index contributed by atoms with van der Waals surface area (Å²) in [6, 6.07) is 34.8. The molecule has 0 aliphatic carbocycles. The Morgan fingerprint density at radius 3 is 1.92 bits per heavy atom. The lowest BCUT2D eigenvalue weighted by Crippen LogP contribution is -2.27. The smallest absolute Gasteiger partial charge is 0.221 e. The maximum Gasteiger partial charge on any atom is 0.221 e. The largest absolute Gasteiger partial charge is 0.356 e. The molecule has 1 N–H and O–H groups in total. The molecular weight excluding hydrogens is 466 g/mol. The Morgan fingerprint density at radius 1 is 0.778 bits per heavy atom. The zero-order chi connectivity index (χ0) is 24.7. The second kappa shape index (κ2) is 11.2. The van der Waals surface area contributed by atoms with Gasteiger partial charge in [0.1, 0.15) is 5.65 Å². The molecule has 0 bridgehead atoms. The number of amides is 1. The molecule has 0 spiro atoms. The second-order valence-electron chi connectivity index (χ2n) is 8.94. The number of rotatable bonds is 9. The van der Waals surface area contributed by atoms with Gasteiger partial charge in [-0.25, -0.2) is 4.98 Å². The SMILES string of the molecule is O=C(CC(c1ccccc1)c1cnc2ccc(Cl)cn12)NCCC(c1ccccc1)c1ccccc1. The average molecular weight is 494 g/mol. The first-order valence-electron chi connectivity index (χ1n) is 12.2. The number of pyridine rings is 1. The molecule has 0 aliphatic rings. The maximum atomic E-state index is 13.2. The molecule has 4 nitrogen and oxygen atoms in total. The van der Waals surface area contributed by atoms with Crippen molar-refractivity contribution in [3.05, 3.63) is 143 Å². The number of benzene rings is 3. The number of hydrogen-bond donors (Lipinski definition) is 1. The molecule has 5 rings (SSSR count). The highest BCUT2D eigenvalue weighted by atomic mass is 35.5. The summed E-state index contributed by atoms with van der Waals surface area (Å²) in [4.78, 5) is 17.8. The summed E-state index contributed by atoms with van der Waals surface area (Å²) in [7, 11) is 0. The normalized spacial score (nSPS) is 12.1. The van der Waals surface area contributed by atoms with E-state index in [0.717, 1.165) is 23.3 Å². The van der Waals surface area contributed by atoms with Crippen LogP contribution in [0.15, 0.2) is 116 Å². The molecule has 1 amide bonds. The van der Waals surface area contributed by atoms with Crippen LogP contribution in [0.2, 0.25) is 5.02 Å². The van der Waals surface area contributed by atoms with Gasteiger partial charge >= 0.3 is 0 Å². The zero-order valence-corrected chi connectivity index (χ0v) is 20.7. The first kappa shape index (κ1) is 23.8. The molecule has 2 aromatic heterocycles. The van der Waals surface area contributed by atoms with Crippen molar-refractivity contribution in [2.24, 2.45) is 0 Å². The van der Waals surface area contributed by atoms with Crippen molar-refractivity contribution in [2.75, 3.05) is 6.54 Å². The third kappa shape index (κ3) is 5.50. The van der Waals surface area contributed by atoms with E-state index < -0.39 is 0 Å². The molecule has 3 aromatic carbocycles. The van der Waals surface area contributed by atoms with Crippen molar-refractivity contribution in [3.63, 3.8) is 0 Å². The van der Waals surface area contributed by atoms with Gasteiger partial charge in [0.05, 0.1) is 10.7 Å². The van der Waals surface area contributed by atoms with E-state index >= 15 is 0 Å². The summed E-state index contributed by atoms with van der Waals surface area (Å²) in [5.41, 5.74) is 5.33. The van der Waals surface area contributed by atoms with Crippen LogP contribution in [0, 0.1) is 0 Å². The number of imidazole rings is 1. The first-order valence-corrected chi connectivity index (χ1v) is 12.6. The monoisotopic (exact) mass is 493 g/mol. The van der Waals surface area contributed by atoms with Gasteiger partial charge in [0, 0.05) is 37.2 Å². The Labute approximate surface area is 216 Å². The molecule has 0 aliphatic heterocycles. The molecule has 36 heavy (non-hydrogen) atoms. The fourth-order valence-electron chi connectivity index (χ4n) is 4.82. The van der Waals surface area contributed by atoms with E-state index in [1.54, 1.807) is 0 Å². The van der Waals surface area contributed by atoms with E-state index in [4.69, 9.17) is 11.6 Å². The first-order chi connectivity index (χ1) is 17.7. The highest BCUT2D eigenvalue weighted by Crippen LogP contribution is 2.30. The fraction of sp³-hybridized carbons (Fsp3) is 0.161. The van der Waals surface area contributed by atoms with Gasteiger partial charge in [0.15, 0.2) is 0 Å². The van der Waals surface area contributed by atoms with E-state index in [-0.39, 0.29) is 17.7 Å². The lowest BCUT2D eigenvalue weighted by Gasteiger charge is -2.20. The standard InChI is InChI=1S/C31H28ClN3O/c32-26-16-17-30-34-21-29(35(30)22-26)28(25-14-8-3-9-15-25)20-31(36)33-19-18-27(23-10-4-1-5-11-23)24-12-6-2-7-13-24/h1-17,21-22,27-28H,18-20H2,(H,33,36). The number of nitrogens with zero attached hydrogens (tertiary/aromatic N) is 2. The van der Waals surface area contributed by atoms with Gasteiger partial charge in [-0.05, 0) is 35.2 Å². The van der Waals surface area contributed by atoms with Crippen molar-refractivity contribution in [1.29, 1.82) is 0 Å². The van der Waals surface area contributed by atoms with Crippen molar-refractivity contribution in [2.45, 2.75) is 24.7 Å². The van der Waals surface area contributed by atoms with Crippen molar-refractivity contribution >= 4 is 23.2 Å². The number of halogens is 1. The van der Waals surface area contributed by atoms with Crippen molar-refractivity contribution in [1.82, 2.24) is 14.7 Å². The van der Waals surface area contributed by atoms with Gasteiger partial charge in [-0.3, -0.25) is 4.79 Å². The van der Waals surface area contributed by atoms with Gasteiger partial charge in [0.25, 0.3) is 0 Å². The fourth-order valence-corrected chi connectivity index (χ4v) is 4.98. The van der Waals surface area contributed by atoms with Gasteiger partial charge in [-0.1, -0.05) is 103 Å². The molecule has 2 heterocycles. The third-order valence-corrected chi connectivity index (χ3v) is 6.83. The molecule has 0 fully saturated rings. The Kier molecular flexibility index (Phi) is 7.44. The third-order valence-electron chi connectivity index (χ3n) is 6.61. The predicted octanol–water partition coefficient (Wildman–Crippen LogP) is 6.85. The number of nitrogens with one attached hydrogen (secondary N) is 1. The van der Waals surface area contributed by atoms with Crippen molar-refractivity contribution in [3.8, 4) is 0 Å². The number of aromatic nitrogens is 2. The van der Waals surface area contributed by atoms with E-state index in [1.807, 2.05) is 59.3 Å². The highest BCUT2D eigenvalue weighted by molar-refractivity contribution is 6.30. The molecule has 5 aromatic rings. The van der Waals surface area contributed by atoms with Crippen LogP contribution in [0.5, 0.6) is 0 Å². The Hall–Kier alpha value is -3.89. The summed E-state index contributed by atoms with van der Waals surface area (Å²) in [6.45, 7) is 0.591. The lowest BCUT2D eigenvalue weighted by molar-refractivity contribution is -0.121. The van der Waals surface area contributed by atoms with Crippen LogP contribution in [0.3, 0.4) is 0 Å². The second-order valence-corrected chi connectivity index (χ2v) is 9.37. The predicted molar refractivity (Wildman–Crippen MR) is 145 cm³/mol. The summed E-state index contributed by atoms with van der Waals surface area (Å²) >= 11 is 6.28. The molecule has 0 radical (unpaired) electrons.